The Hall–Kier alpha value is -0.980. The molecule has 0 aromatic heterocycles. The van der Waals surface area contributed by atoms with E-state index in [4.69, 9.17) is 18.0 Å². The van der Waals surface area contributed by atoms with E-state index in [1.165, 1.54) is 10.4 Å². The van der Waals surface area contributed by atoms with Gasteiger partial charge in [-0.05, 0) is 18.6 Å². The summed E-state index contributed by atoms with van der Waals surface area (Å²) in [5, 5.41) is 0. The average molecular weight is 300 g/mol. The van der Waals surface area contributed by atoms with Crippen molar-refractivity contribution in [3.8, 4) is 0 Å². The molecule has 1 rings (SSSR count). The predicted octanol–water partition coefficient (Wildman–Crippen LogP) is 2.13. The number of hydrogen-bond acceptors (Lipinski definition) is 3. The van der Waals surface area contributed by atoms with Crippen molar-refractivity contribution in [2.45, 2.75) is 31.1 Å². The predicted molar refractivity (Wildman–Crippen MR) is 81.7 cm³/mol. The topological polar surface area (TPSA) is 63.4 Å². The molecule has 0 saturated heterocycles. The molecule has 106 valence electrons. The lowest BCUT2D eigenvalue weighted by atomic mass is 10.2. The second kappa shape index (κ2) is 6.98. The van der Waals surface area contributed by atoms with Crippen LogP contribution in [0, 0.1) is 0 Å². The number of thiocarbonyl (C=S) groups is 1. The maximum atomic E-state index is 12.3. The van der Waals surface area contributed by atoms with E-state index in [0.29, 0.717) is 12.1 Å². The number of sulfonamides is 1. The quantitative estimate of drug-likeness (QED) is 0.619. The Bertz CT molecular complexity index is 541. The van der Waals surface area contributed by atoms with Crippen LogP contribution in [0.25, 0.3) is 0 Å². The summed E-state index contributed by atoms with van der Waals surface area (Å²) in [5.41, 5.74) is 6.09. The molecule has 0 heterocycles. The van der Waals surface area contributed by atoms with Gasteiger partial charge in [-0.2, -0.15) is 0 Å². The lowest BCUT2D eigenvalue weighted by Crippen LogP contribution is -2.28. The van der Waals surface area contributed by atoms with E-state index in [-0.39, 0.29) is 9.88 Å². The van der Waals surface area contributed by atoms with Gasteiger partial charge in [0.2, 0.25) is 10.0 Å². The molecule has 0 atom stereocenters. The van der Waals surface area contributed by atoms with E-state index < -0.39 is 10.0 Å². The fourth-order valence-electron chi connectivity index (χ4n) is 1.69. The lowest BCUT2D eigenvalue weighted by Gasteiger charge is -2.17. The van der Waals surface area contributed by atoms with Gasteiger partial charge in [0, 0.05) is 19.2 Å². The van der Waals surface area contributed by atoms with Crippen LogP contribution in [-0.4, -0.2) is 31.3 Å². The Morgan fingerprint density at radius 3 is 2.63 bits per heavy atom. The molecule has 0 amide bonds. The monoisotopic (exact) mass is 300 g/mol. The van der Waals surface area contributed by atoms with Crippen LogP contribution in [0.5, 0.6) is 0 Å². The molecule has 1 aromatic rings. The number of unbranched alkanes of at least 4 members (excludes halogenated alkanes) is 2. The maximum Gasteiger partial charge on any atom is 0.242 e. The van der Waals surface area contributed by atoms with Crippen LogP contribution >= 0.6 is 12.2 Å². The minimum atomic E-state index is -3.46. The molecular weight excluding hydrogens is 280 g/mol. The van der Waals surface area contributed by atoms with Crippen LogP contribution in [0.15, 0.2) is 29.2 Å². The van der Waals surface area contributed by atoms with Gasteiger partial charge < -0.3 is 5.73 Å². The van der Waals surface area contributed by atoms with Crippen LogP contribution < -0.4 is 5.73 Å². The highest BCUT2D eigenvalue weighted by molar-refractivity contribution is 7.89. The minimum absolute atomic E-state index is 0.200. The molecule has 1 aromatic carbocycles. The second-order valence-corrected chi connectivity index (χ2v) is 6.91. The molecule has 4 nitrogen and oxygen atoms in total. The summed E-state index contributed by atoms with van der Waals surface area (Å²) in [6.45, 7) is 2.60. The molecule has 0 radical (unpaired) electrons. The van der Waals surface area contributed by atoms with Gasteiger partial charge in [0.15, 0.2) is 0 Å². The Morgan fingerprint density at radius 2 is 2.05 bits per heavy atom. The van der Waals surface area contributed by atoms with Crippen LogP contribution in [0.3, 0.4) is 0 Å². The Morgan fingerprint density at radius 1 is 1.37 bits per heavy atom. The smallest absolute Gasteiger partial charge is 0.242 e. The third-order valence-electron chi connectivity index (χ3n) is 2.90. The van der Waals surface area contributed by atoms with Gasteiger partial charge >= 0.3 is 0 Å². The van der Waals surface area contributed by atoms with Crippen molar-refractivity contribution >= 4 is 27.2 Å². The highest BCUT2D eigenvalue weighted by Crippen LogP contribution is 2.16. The number of rotatable bonds is 7. The molecule has 0 bridgehead atoms. The Labute approximate surface area is 120 Å². The summed E-state index contributed by atoms with van der Waals surface area (Å²) in [6.07, 6.45) is 2.94. The van der Waals surface area contributed by atoms with Crippen LogP contribution in [-0.2, 0) is 10.0 Å². The van der Waals surface area contributed by atoms with Crippen molar-refractivity contribution in [1.29, 1.82) is 0 Å². The molecule has 0 saturated carbocycles. The zero-order valence-corrected chi connectivity index (χ0v) is 12.9. The first kappa shape index (κ1) is 16.1. The standard InChI is InChI=1S/C13H20N2O2S2/c1-3-4-5-9-15(2)19(16,17)12-8-6-7-11(10-12)13(14)18/h6-8,10H,3-5,9H2,1-2H3,(H2,14,18). The Balaban J connectivity index is 2.93. The molecule has 0 fully saturated rings. The van der Waals surface area contributed by atoms with Gasteiger partial charge in [-0.1, -0.05) is 44.1 Å². The Kier molecular flexibility index (Phi) is 5.90. The largest absolute Gasteiger partial charge is 0.389 e. The summed E-state index contributed by atoms with van der Waals surface area (Å²) in [7, 11) is -1.86. The first-order chi connectivity index (χ1) is 8.89. The zero-order chi connectivity index (χ0) is 14.5. The van der Waals surface area contributed by atoms with Gasteiger partial charge in [-0.3, -0.25) is 0 Å². The molecule has 6 heteroatoms. The van der Waals surface area contributed by atoms with Gasteiger partial charge in [-0.15, -0.1) is 0 Å². The van der Waals surface area contributed by atoms with Crippen molar-refractivity contribution in [2.75, 3.05) is 13.6 Å². The fourth-order valence-corrected chi connectivity index (χ4v) is 3.08. The average Bonchev–Trinajstić information content (AvgIpc) is 2.39. The van der Waals surface area contributed by atoms with E-state index >= 15 is 0 Å². The van der Waals surface area contributed by atoms with Crippen molar-refractivity contribution < 1.29 is 8.42 Å². The number of hydrogen-bond donors (Lipinski definition) is 1. The number of nitrogens with zero attached hydrogens (tertiary/aromatic N) is 1. The molecule has 0 aliphatic rings. The van der Waals surface area contributed by atoms with Crippen molar-refractivity contribution in [3.63, 3.8) is 0 Å². The lowest BCUT2D eigenvalue weighted by molar-refractivity contribution is 0.454. The third-order valence-corrected chi connectivity index (χ3v) is 4.99. The second-order valence-electron chi connectivity index (χ2n) is 4.43. The molecule has 2 N–H and O–H groups in total. The molecule has 0 unspecified atom stereocenters. The first-order valence-electron chi connectivity index (χ1n) is 6.25. The van der Waals surface area contributed by atoms with Crippen molar-refractivity contribution in [2.24, 2.45) is 5.73 Å². The van der Waals surface area contributed by atoms with Gasteiger partial charge in [0.25, 0.3) is 0 Å². The summed E-state index contributed by atoms with van der Waals surface area (Å²) in [6, 6.07) is 6.45. The van der Waals surface area contributed by atoms with Crippen LogP contribution in [0.4, 0.5) is 0 Å². The number of nitrogens with two attached hydrogens (primary N) is 1. The molecule has 0 aliphatic carbocycles. The van der Waals surface area contributed by atoms with Gasteiger partial charge in [0.05, 0.1) is 4.90 Å². The van der Waals surface area contributed by atoms with Crippen LogP contribution in [0.2, 0.25) is 0 Å². The molecular formula is C13H20N2O2S2. The third kappa shape index (κ3) is 4.26. The summed E-state index contributed by atoms with van der Waals surface area (Å²) in [4.78, 5) is 0.433. The summed E-state index contributed by atoms with van der Waals surface area (Å²) in [5.74, 6) is 0. The van der Waals surface area contributed by atoms with Crippen molar-refractivity contribution in [3.05, 3.63) is 29.8 Å². The van der Waals surface area contributed by atoms with Crippen molar-refractivity contribution in [1.82, 2.24) is 4.31 Å². The van der Waals surface area contributed by atoms with E-state index in [9.17, 15) is 8.42 Å². The number of benzene rings is 1. The summed E-state index contributed by atoms with van der Waals surface area (Å²) >= 11 is 4.87. The minimum Gasteiger partial charge on any atom is -0.389 e. The van der Waals surface area contributed by atoms with Gasteiger partial charge in [0.1, 0.15) is 4.99 Å². The summed E-state index contributed by atoms with van der Waals surface area (Å²) < 4.78 is 26.1. The van der Waals surface area contributed by atoms with E-state index in [2.05, 4.69) is 6.92 Å². The van der Waals surface area contributed by atoms with E-state index in [0.717, 1.165) is 19.3 Å². The molecule has 19 heavy (non-hydrogen) atoms. The highest BCUT2D eigenvalue weighted by atomic mass is 32.2. The van der Waals surface area contributed by atoms with Crippen LogP contribution in [0.1, 0.15) is 31.7 Å². The zero-order valence-electron chi connectivity index (χ0n) is 11.3. The van der Waals surface area contributed by atoms with Gasteiger partial charge in [-0.25, -0.2) is 12.7 Å². The fraction of sp³-hybridized carbons (Fsp3) is 0.462. The molecule has 0 aliphatic heterocycles. The van der Waals surface area contributed by atoms with E-state index in [1.54, 1.807) is 25.2 Å². The maximum absolute atomic E-state index is 12.3. The highest BCUT2D eigenvalue weighted by Gasteiger charge is 2.20. The normalized spacial score (nSPS) is 11.7. The first-order valence-corrected chi connectivity index (χ1v) is 8.10. The van der Waals surface area contributed by atoms with E-state index in [1.807, 2.05) is 0 Å². The SMILES string of the molecule is CCCCCN(C)S(=O)(=O)c1cccc(C(N)=S)c1. The molecule has 0 spiro atoms.